The molecule has 2 aromatic heterocycles. The molecule has 0 radical (unpaired) electrons. The average Bonchev–Trinajstić information content (AvgIpc) is 2.98. The van der Waals surface area contributed by atoms with Crippen molar-refractivity contribution in [2.45, 2.75) is 23.9 Å². The van der Waals surface area contributed by atoms with Crippen LogP contribution in [0.25, 0.3) is 5.78 Å². The Morgan fingerprint density at radius 1 is 1.36 bits per heavy atom. The van der Waals surface area contributed by atoms with Crippen LogP contribution in [0.4, 0.5) is 5.69 Å². The molecule has 0 unspecified atom stereocenters. The maximum Gasteiger partial charge on any atom is 0.336 e. The summed E-state index contributed by atoms with van der Waals surface area (Å²) in [6.45, 7) is 3.21. The molecule has 0 bridgehead atoms. The summed E-state index contributed by atoms with van der Waals surface area (Å²) in [4.78, 5) is 19.0. The number of sulfone groups is 1. The van der Waals surface area contributed by atoms with Gasteiger partial charge in [0, 0.05) is 11.9 Å². The minimum atomic E-state index is -4.19. The first-order valence-electron chi connectivity index (χ1n) is 6.90. The molecule has 0 aliphatic heterocycles. The van der Waals surface area contributed by atoms with Gasteiger partial charge in [-0.15, -0.1) is 5.10 Å². The topological polar surface area (TPSA) is 141 Å². The Morgan fingerprint density at radius 2 is 2.04 bits per heavy atom. The monoisotopic (exact) mass is 425 g/mol. The summed E-state index contributed by atoms with van der Waals surface area (Å²) < 4.78 is 27.3. The summed E-state index contributed by atoms with van der Waals surface area (Å²) >= 11 is 3.08. The van der Waals surface area contributed by atoms with E-state index in [0.29, 0.717) is 5.69 Å². The van der Waals surface area contributed by atoms with Crippen LogP contribution in [0.1, 0.15) is 21.6 Å². The highest BCUT2D eigenvalue weighted by molar-refractivity contribution is 9.10. The lowest BCUT2D eigenvalue weighted by Crippen LogP contribution is -2.12. The van der Waals surface area contributed by atoms with E-state index in [4.69, 9.17) is 5.73 Å². The molecular weight excluding hydrogens is 414 g/mol. The molecule has 3 rings (SSSR count). The van der Waals surface area contributed by atoms with Gasteiger partial charge in [0.25, 0.3) is 10.9 Å². The zero-order valence-electron chi connectivity index (χ0n) is 13.1. The number of rotatable bonds is 3. The highest BCUT2D eigenvalue weighted by atomic mass is 79.9. The van der Waals surface area contributed by atoms with Crippen LogP contribution in [0.5, 0.6) is 0 Å². The summed E-state index contributed by atoms with van der Waals surface area (Å²) in [5.74, 6) is -1.18. The number of benzene rings is 1. The standard InChI is InChI=1S/C14H12BrN5O4S/c1-6-3-4-17-13-18-14(19-20(6)13)25(23,24)9-5-8(12(21)22)10(15)11(16)7(9)2/h3-5H,16H2,1-2H3,(H,21,22). The lowest BCUT2D eigenvalue weighted by molar-refractivity contribution is 0.0695. The van der Waals surface area contributed by atoms with Gasteiger partial charge in [0.15, 0.2) is 0 Å². The molecule has 9 nitrogen and oxygen atoms in total. The Bertz CT molecular complexity index is 1140. The van der Waals surface area contributed by atoms with Crippen LogP contribution in [0.15, 0.2) is 32.9 Å². The van der Waals surface area contributed by atoms with Crippen LogP contribution in [-0.2, 0) is 9.84 Å². The van der Waals surface area contributed by atoms with Gasteiger partial charge in [-0.1, -0.05) is 0 Å². The second-order valence-corrected chi connectivity index (χ2v) is 7.88. The number of carboxylic acid groups (broad SMARTS) is 1. The van der Waals surface area contributed by atoms with Gasteiger partial charge in [-0.3, -0.25) is 0 Å². The molecule has 0 saturated carbocycles. The summed E-state index contributed by atoms with van der Waals surface area (Å²) in [7, 11) is -4.19. The smallest absolute Gasteiger partial charge is 0.336 e. The number of nitrogens with zero attached hydrogens (tertiary/aromatic N) is 4. The minimum Gasteiger partial charge on any atom is -0.478 e. The number of fused-ring (bicyclic) bond motifs is 1. The zero-order chi connectivity index (χ0) is 18.5. The molecule has 1 aromatic carbocycles. The van der Waals surface area contributed by atoms with Gasteiger partial charge in [-0.05, 0) is 47.5 Å². The molecule has 3 N–H and O–H groups in total. The van der Waals surface area contributed by atoms with Crippen LogP contribution >= 0.6 is 15.9 Å². The molecule has 0 spiro atoms. The van der Waals surface area contributed by atoms with Crippen molar-refractivity contribution in [2.75, 3.05) is 5.73 Å². The van der Waals surface area contributed by atoms with Crippen LogP contribution in [0.2, 0.25) is 0 Å². The molecule has 0 aliphatic rings. The molecule has 0 saturated heterocycles. The van der Waals surface area contributed by atoms with E-state index in [-0.39, 0.29) is 32.0 Å². The quantitative estimate of drug-likeness (QED) is 0.602. The molecule has 3 aromatic rings. The SMILES string of the molecule is Cc1c(S(=O)(=O)c2nc3nccc(C)n3n2)cc(C(=O)O)c(Br)c1N. The predicted molar refractivity (Wildman–Crippen MR) is 91.2 cm³/mol. The third-order valence-electron chi connectivity index (χ3n) is 3.69. The van der Waals surface area contributed by atoms with E-state index in [1.54, 1.807) is 13.0 Å². The number of carbonyl (C=O) groups is 1. The number of nitrogens with two attached hydrogens (primary N) is 1. The summed E-state index contributed by atoms with van der Waals surface area (Å²) in [5.41, 5.74) is 6.48. The van der Waals surface area contributed by atoms with Crippen molar-refractivity contribution >= 4 is 43.2 Å². The van der Waals surface area contributed by atoms with Crippen molar-refractivity contribution in [1.29, 1.82) is 0 Å². The molecule has 130 valence electrons. The summed E-state index contributed by atoms with van der Waals surface area (Å²) in [6, 6.07) is 2.70. The minimum absolute atomic E-state index is 0.0246. The Kier molecular flexibility index (Phi) is 4.00. The number of aromatic carboxylic acids is 1. The van der Waals surface area contributed by atoms with E-state index in [1.807, 2.05) is 0 Å². The van der Waals surface area contributed by atoms with Crippen molar-refractivity contribution in [3.63, 3.8) is 0 Å². The van der Waals surface area contributed by atoms with Gasteiger partial charge in [0.05, 0.1) is 20.6 Å². The van der Waals surface area contributed by atoms with Gasteiger partial charge in [-0.2, -0.15) is 4.98 Å². The first-order valence-corrected chi connectivity index (χ1v) is 9.17. The number of nitrogen functional groups attached to an aromatic ring is 1. The first kappa shape index (κ1) is 17.3. The molecule has 25 heavy (non-hydrogen) atoms. The molecule has 0 aliphatic carbocycles. The molecule has 0 fully saturated rings. The highest BCUT2D eigenvalue weighted by Crippen LogP contribution is 2.34. The van der Waals surface area contributed by atoms with Gasteiger partial charge >= 0.3 is 5.97 Å². The summed E-state index contributed by atoms with van der Waals surface area (Å²) in [5, 5.41) is 12.8. The number of halogens is 1. The molecule has 0 atom stereocenters. The van der Waals surface area contributed by atoms with E-state index in [2.05, 4.69) is 31.0 Å². The average molecular weight is 426 g/mol. The van der Waals surface area contributed by atoms with Crippen LogP contribution in [0, 0.1) is 13.8 Å². The van der Waals surface area contributed by atoms with Gasteiger partial charge in [0.1, 0.15) is 0 Å². The maximum absolute atomic E-state index is 12.9. The Hall–Kier alpha value is -2.53. The van der Waals surface area contributed by atoms with E-state index < -0.39 is 21.0 Å². The van der Waals surface area contributed by atoms with Crippen molar-refractivity contribution in [2.24, 2.45) is 0 Å². The van der Waals surface area contributed by atoms with E-state index >= 15 is 0 Å². The molecule has 0 amide bonds. The van der Waals surface area contributed by atoms with Crippen LogP contribution < -0.4 is 5.73 Å². The highest BCUT2D eigenvalue weighted by Gasteiger charge is 2.29. The van der Waals surface area contributed by atoms with Crippen LogP contribution in [-0.4, -0.2) is 39.1 Å². The Morgan fingerprint density at radius 3 is 2.64 bits per heavy atom. The zero-order valence-corrected chi connectivity index (χ0v) is 15.5. The van der Waals surface area contributed by atoms with Crippen molar-refractivity contribution in [3.8, 4) is 0 Å². The summed E-state index contributed by atoms with van der Waals surface area (Å²) in [6.07, 6.45) is 1.49. The van der Waals surface area contributed by atoms with Gasteiger partial charge < -0.3 is 10.8 Å². The second kappa shape index (κ2) is 5.77. The molecule has 11 heteroatoms. The maximum atomic E-state index is 12.9. The normalized spacial score (nSPS) is 11.8. The first-order chi connectivity index (χ1) is 11.6. The predicted octanol–water partition coefficient (Wildman–Crippen LogP) is 1.62. The Balaban J connectivity index is 2.30. The lowest BCUT2D eigenvalue weighted by Gasteiger charge is -2.12. The van der Waals surface area contributed by atoms with Crippen molar-refractivity contribution in [1.82, 2.24) is 19.6 Å². The van der Waals surface area contributed by atoms with E-state index in [9.17, 15) is 18.3 Å². The number of aromatic nitrogens is 4. The van der Waals surface area contributed by atoms with E-state index in [0.717, 1.165) is 6.07 Å². The number of aryl methyl sites for hydroxylation is 1. The lowest BCUT2D eigenvalue weighted by atomic mass is 10.1. The van der Waals surface area contributed by atoms with Crippen molar-refractivity contribution in [3.05, 3.63) is 39.6 Å². The number of hydrogen-bond donors (Lipinski definition) is 2. The van der Waals surface area contributed by atoms with Crippen LogP contribution in [0.3, 0.4) is 0 Å². The third kappa shape index (κ3) is 2.65. The van der Waals surface area contributed by atoms with Gasteiger partial charge in [0.2, 0.25) is 9.84 Å². The Labute approximate surface area is 150 Å². The fourth-order valence-electron chi connectivity index (χ4n) is 2.28. The molecular formula is C14H12BrN5O4S. The van der Waals surface area contributed by atoms with Crippen molar-refractivity contribution < 1.29 is 18.3 Å². The second-order valence-electron chi connectivity index (χ2n) is 5.28. The largest absolute Gasteiger partial charge is 0.478 e. The number of hydrogen-bond acceptors (Lipinski definition) is 7. The fraction of sp³-hybridized carbons (Fsp3) is 0.143. The fourth-order valence-corrected chi connectivity index (χ4v) is 4.24. The number of carboxylic acids is 1. The molecule has 2 heterocycles. The third-order valence-corrected chi connectivity index (χ3v) is 6.20. The van der Waals surface area contributed by atoms with Gasteiger partial charge in [-0.25, -0.2) is 22.7 Å². The van der Waals surface area contributed by atoms with E-state index in [1.165, 1.54) is 17.6 Å². The number of anilines is 1.